The van der Waals surface area contributed by atoms with Gasteiger partial charge in [-0.25, -0.2) is 8.42 Å². The summed E-state index contributed by atoms with van der Waals surface area (Å²) in [7, 11) is -1.84. The number of carbonyl (C=O) groups excluding carboxylic acids is 2. The fourth-order valence-corrected chi connectivity index (χ4v) is 5.37. The zero-order valence-electron chi connectivity index (χ0n) is 24.6. The zero-order chi connectivity index (χ0) is 30.2. The van der Waals surface area contributed by atoms with Crippen LogP contribution in [0.5, 0.6) is 5.75 Å². The van der Waals surface area contributed by atoms with Crippen molar-refractivity contribution < 1.29 is 32.6 Å². The molecule has 0 radical (unpaired) electrons. The van der Waals surface area contributed by atoms with Crippen molar-refractivity contribution in [1.82, 2.24) is 9.80 Å². The van der Waals surface area contributed by atoms with Crippen LogP contribution >= 0.6 is 0 Å². The molecule has 1 aliphatic heterocycles. The third kappa shape index (κ3) is 9.44. The van der Waals surface area contributed by atoms with Crippen molar-refractivity contribution in [1.29, 1.82) is 0 Å². The number of hydrogen-bond acceptors (Lipinski definition) is 7. The van der Waals surface area contributed by atoms with Crippen LogP contribution in [-0.4, -0.2) is 93.0 Å². The Kier molecular flexibility index (Phi) is 11.6. The van der Waals surface area contributed by atoms with E-state index in [9.17, 15) is 23.1 Å². The van der Waals surface area contributed by atoms with E-state index in [4.69, 9.17) is 9.47 Å². The molecule has 4 atom stereocenters. The van der Waals surface area contributed by atoms with Crippen LogP contribution in [0.4, 0.5) is 5.69 Å². The molecule has 0 aromatic heterocycles. The highest BCUT2D eigenvalue weighted by Crippen LogP contribution is 2.29. The minimum absolute atomic E-state index is 0.122. The van der Waals surface area contributed by atoms with Crippen LogP contribution in [0.3, 0.4) is 0 Å². The first kappa shape index (κ1) is 32.4. The van der Waals surface area contributed by atoms with E-state index in [-0.39, 0.29) is 48.4 Å². The molecule has 0 aliphatic carbocycles. The Morgan fingerprint density at radius 1 is 1.17 bits per heavy atom. The van der Waals surface area contributed by atoms with Crippen LogP contribution in [0.1, 0.15) is 60.7 Å². The van der Waals surface area contributed by atoms with E-state index in [0.29, 0.717) is 24.5 Å². The number of anilines is 1. The lowest BCUT2D eigenvalue weighted by molar-refractivity contribution is -0.0149. The molecule has 1 heterocycles. The van der Waals surface area contributed by atoms with Gasteiger partial charge in [-0.15, -0.1) is 0 Å². The molecule has 0 bridgehead atoms. The Bertz CT molecular complexity index is 1270. The highest BCUT2D eigenvalue weighted by atomic mass is 32.2. The van der Waals surface area contributed by atoms with Crippen molar-refractivity contribution in [2.45, 2.75) is 58.3 Å². The summed E-state index contributed by atoms with van der Waals surface area (Å²) in [6.45, 7) is 6.41. The predicted molar refractivity (Wildman–Crippen MR) is 159 cm³/mol. The van der Waals surface area contributed by atoms with Gasteiger partial charge in [0.15, 0.2) is 0 Å². The van der Waals surface area contributed by atoms with Gasteiger partial charge in [-0.3, -0.25) is 14.3 Å². The zero-order valence-corrected chi connectivity index (χ0v) is 25.4. The number of likely N-dealkylation sites (N-methyl/N-ethyl adjacent to an activating group) is 1. The third-order valence-corrected chi connectivity index (χ3v) is 7.78. The van der Waals surface area contributed by atoms with Gasteiger partial charge in [-0.1, -0.05) is 25.1 Å². The first-order chi connectivity index (χ1) is 19.4. The largest absolute Gasteiger partial charge is 0.490 e. The van der Waals surface area contributed by atoms with E-state index in [1.165, 1.54) is 6.07 Å². The molecule has 41 heavy (non-hydrogen) atoms. The monoisotopic (exact) mass is 589 g/mol. The summed E-state index contributed by atoms with van der Waals surface area (Å²) in [5.41, 5.74) is 1.02. The van der Waals surface area contributed by atoms with Gasteiger partial charge in [-0.05, 0) is 63.4 Å². The van der Waals surface area contributed by atoms with Gasteiger partial charge in [0.05, 0.1) is 36.7 Å². The number of aliphatic hydroxyl groups excluding tert-OH is 1. The average molecular weight is 590 g/mol. The number of ether oxygens (including phenoxy) is 2. The number of benzene rings is 2. The number of aliphatic hydroxyl groups is 1. The summed E-state index contributed by atoms with van der Waals surface area (Å²) < 4.78 is 38.7. The van der Waals surface area contributed by atoms with E-state index in [2.05, 4.69) is 4.72 Å². The maximum atomic E-state index is 14.1. The fourth-order valence-electron chi connectivity index (χ4n) is 4.82. The van der Waals surface area contributed by atoms with Crippen LogP contribution in [0.2, 0.25) is 0 Å². The lowest BCUT2D eigenvalue weighted by Gasteiger charge is -2.36. The maximum absolute atomic E-state index is 14.1. The van der Waals surface area contributed by atoms with Gasteiger partial charge in [-0.2, -0.15) is 0 Å². The number of nitrogens with one attached hydrogen (secondary N) is 1. The Hall–Kier alpha value is -3.15. The third-order valence-electron chi connectivity index (χ3n) is 7.18. The van der Waals surface area contributed by atoms with Crippen LogP contribution in [0, 0.1) is 5.92 Å². The van der Waals surface area contributed by atoms with E-state index >= 15 is 0 Å². The number of amides is 2. The molecule has 11 heteroatoms. The summed E-state index contributed by atoms with van der Waals surface area (Å²) in [6.07, 6.45) is 2.83. The van der Waals surface area contributed by atoms with Gasteiger partial charge < -0.3 is 24.4 Å². The molecule has 0 fully saturated rings. The summed E-state index contributed by atoms with van der Waals surface area (Å²) >= 11 is 0. The van der Waals surface area contributed by atoms with Crippen molar-refractivity contribution in [2.24, 2.45) is 5.92 Å². The molecule has 2 amide bonds. The van der Waals surface area contributed by atoms with Gasteiger partial charge in [0.1, 0.15) is 5.75 Å². The maximum Gasteiger partial charge on any atom is 0.258 e. The minimum Gasteiger partial charge on any atom is -0.490 e. The summed E-state index contributed by atoms with van der Waals surface area (Å²) in [5, 5.41) is 10.1. The molecule has 226 valence electrons. The molecular weight excluding hydrogens is 546 g/mol. The summed E-state index contributed by atoms with van der Waals surface area (Å²) in [6, 6.07) is 13.1. The standard InChI is InChI=1S/C30H43N3O7S/c1-21-18-33(22(2)20-34)30(36)26-17-25(31-41(5,37)38)14-15-27(26)40-23(3)11-9-10-16-39-28(21)19-32(4)29(35)24-12-7-6-8-13-24/h6-8,12-15,17,21-23,28,31,34H,9-11,16,18-20H2,1-5H3/t21-,22+,23-,28-/m1/s1. The number of carbonyl (C=O) groups is 2. The first-order valence-corrected chi connectivity index (χ1v) is 15.9. The molecule has 0 unspecified atom stereocenters. The second-order valence-corrected chi connectivity index (χ2v) is 12.7. The van der Waals surface area contributed by atoms with Crippen molar-refractivity contribution in [3.8, 4) is 5.75 Å². The van der Waals surface area contributed by atoms with Crippen molar-refractivity contribution >= 4 is 27.5 Å². The van der Waals surface area contributed by atoms with Gasteiger partial charge in [0.25, 0.3) is 11.8 Å². The summed E-state index contributed by atoms with van der Waals surface area (Å²) in [5.74, 6) is -0.379. The summed E-state index contributed by atoms with van der Waals surface area (Å²) in [4.78, 5) is 30.3. The molecule has 2 N–H and O–H groups in total. The predicted octanol–water partition coefficient (Wildman–Crippen LogP) is 3.63. The minimum atomic E-state index is -3.57. The lowest BCUT2D eigenvalue weighted by Crippen LogP contribution is -2.48. The molecule has 0 saturated heterocycles. The van der Waals surface area contributed by atoms with E-state index in [1.54, 1.807) is 48.0 Å². The molecule has 3 rings (SSSR count). The Morgan fingerprint density at radius 2 is 1.88 bits per heavy atom. The number of rotatable bonds is 7. The molecule has 2 aromatic carbocycles. The first-order valence-electron chi connectivity index (χ1n) is 14.0. The fraction of sp³-hybridized carbons (Fsp3) is 0.533. The Morgan fingerprint density at radius 3 is 2.54 bits per heavy atom. The van der Waals surface area contributed by atoms with Crippen molar-refractivity contribution in [3.63, 3.8) is 0 Å². The number of sulfonamides is 1. The van der Waals surface area contributed by atoms with Crippen LogP contribution in [0.15, 0.2) is 48.5 Å². The van der Waals surface area contributed by atoms with Gasteiger partial charge >= 0.3 is 0 Å². The Balaban J connectivity index is 1.95. The number of nitrogens with zero attached hydrogens (tertiary/aromatic N) is 2. The van der Waals surface area contributed by atoms with Crippen LogP contribution < -0.4 is 9.46 Å². The lowest BCUT2D eigenvalue weighted by atomic mass is 10.0. The van der Waals surface area contributed by atoms with Gasteiger partial charge in [0.2, 0.25) is 10.0 Å². The van der Waals surface area contributed by atoms with Crippen molar-refractivity contribution in [2.75, 3.05) is 44.3 Å². The molecular formula is C30H43N3O7S. The quantitative estimate of drug-likeness (QED) is 0.505. The van der Waals surface area contributed by atoms with E-state index in [1.807, 2.05) is 32.0 Å². The normalized spacial score (nSPS) is 21.7. The second-order valence-electron chi connectivity index (χ2n) is 10.9. The second kappa shape index (κ2) is 14.7. The molecule has 10 nitrogen and oxygen atoms in total. The molecule has 2 aromatic rings. The van der Waals surface area contributed by atoms with E-state index < -0.39 is 22.0 Å². The SMILES string of the molecule is C[C@@H]1CCCCO[C@H](CN(C)C(=O)c2ccccc2)[C@H](C)CN([C@@H](C)CO)C(=O)c2cc(NS(C)(=O)=O)ccc2O1. The Labute approximate surface area is 243 Å². The average Bonchev–Trinajstić information content (AvgIpc) is 2.93. The van der Waals surface area contributed by atoms with Crippen LogP contribution in [0.25, 0.3) is 0 Å². The van der Waals surface area contributed by atoms with Gasteiger partial charge in [0, 0.05) is 43.9 Å². The number of hydrogen-bond donors (Lipinski definition) is 2. The smallest absolute Gasteiger partial charge is 0.258 e. The van der Waals surface area contributed by atoms with Crippen LogP contribution in [-0.2, 0) is 14.8 Å². The molecule has 0 saturated carbocycles. The van der Waals surface area contributed by atoms with Crippen molar-refractivity contribution in [3.05, 3.63) is 59.7 Å². The highest BCUT2D eigenvalue weighted by Gasteiger charge is 2.31. The topological polar surface area (TPSA) is 125 Å². The number of fused-ring (bicyclic) bond motifs is 1. The van der Waals surface area contributed by atoms with E-state index in [0.717, 1.165) is 25.5 Å². The molecule has 0 spiro atoms. The molecule has 1 aliphatic rings. The highest BCUT2D eigenvalue weighted by molar-refractivity contribution is 7.92.